The normalized spacial score (nSPS) is 17.6. The lowest BCUT2D eigenvalue weighted by Crippen LogP contribution is -2.24. The molecule has 1 rings (SSSR count). The van der Waals surface area contributed by atoms with Crippen molar-refractivity contribution >= 4 is 5.90 Å². The minimum atomic E-state index is 0.764. The first-order chi connectivity index (χ1) is 4.33. The first-order valence-corrected chi connectivity index (χ1v) is 2.80. The Hall–Kier alpha value is -0.990. The summed E-state index contributed by atoms with van der Waals surface area (Å²) >= 11 is 0. The quantitative estimate of drug-likeness (QED) is 0.470. The van der Waals surface area contributed by atoms with Crippen LogP contribution in [0, 0.1) is 0 Å². The zero-order valence-electron chi connectivity index (χ0n) is 5.66. The van der Waals surface area contributed by atoms with Gasteiger partial charge in [0.2, 0.25) is 5.90 Å². The summed E-state index contributed by atoms with van der Waals surface area (Å²) < 4.78 is 4.92. The number of hydrogen-bond donors (Lipinski definition) is 0. The van der Waals surface area contributed by atoms with Crippen molar-refractivity contribution in [3.63, 3.8) is 0 Å². The largest absolute Gasteiger partial charge is 0.483 e. The molecule has 0 saturated carbocycles. The molecule has 0 spiro atoms. The molecule has 0 N–H and O–H groups in total. The monoisotopic (exact) mass is 126 g/mol. The average Bonchev–Trinajstić information content (AvgIpc) is 1.88. The lowest BCUT2D eigenvalue weighted by atomic mass is 10.5. The zero-order valence-corrected chi connectivity index (χ0v) is 5.66. The van der Waals surface area contributed by atoms with Gasteiger partial charge in [0.1, 0.15) is 0 Å². The van der Waals surface area contributed by atoms with Gasteiger partial charge in [-0.2, -0.15) is 0 Å². The van der Waals surface area contributed by atoms with E-state index in [2.05, 4.69) is 4.99 Å². The van der Waals surface area contributed by atoms with E-state index in [-0.39, 0.29) is 0 Å². The highest BCUT2D eigenvalue weighted by molar-refractivity contribution is 5.79. The van der Waals surface area contributed by atoms with E-state index < -0.39 is 0 Å². The van der Waals surface area contributed by atoms with E-state index in [9.17, 15) is 0 Å². The molecule has 0 aliphatic carbocycles. The maximum atomic E-state index is 4.92. The predicted molar refractivity (Wildman–Crippen MR) is 36.2 cm³/mol. The van der Waals surface area contributed by atoms with Crippen LogP contribution < -0.4 is 0 Å². The van der Waals surface area contributed by atoms with Gasteiger partial charge in [-0.25, -0.2) is 4.99 Å². The molecule has 0 unspecified atom stereocenters. The van der Waals surface area contributed by atoms with Crippen molar-refractivity contribution in [2.75, 3.05) is 20.7 Å². The van der Waals surface area contributed by atoms with Crippen LogP contribution in [0.25, 0.3) is 0 Å². The van der Waals surface area contributed by atoms with E-state index >= 15 is 0 Å². The van der Waals surface area contributed by atoms with Crippen LogP contribution in [0.5, 0.6) is 0 Å². The van der Waals surface area contributed by atoms with Gasteiger partial charge < -0.3 is 9.64 Å². The summed E-state index contributed by atoms with van der Waals surface area (Å²) in [6.45, 7) is 0.771. The number of rotatable bonds is 0. The molecule has 0 aromatic carbocycles. The molecule has 0 atom stereocenters. The van der Waals surface area contributed by atoms with Crippen molar-refractivity contribution in [3.8, 4) is 0 Å². The molecule has 50 valence electrons. The summed E-state index contributed by atoms with van der Waals surface area (Å²) in [5.74, 6) is 0.764. The number of hydrogen-bond acceptors (Lipinski definition) is 3. The van der Waals surface area contributed by atoms with Crippen molar-refractivity contribution in [1.82, 2.24) is 4.90 Å². The second kappa shape index (κ2) is 2.53. The molecule has 0 fully saturated rings. The first-order valence-electron chi connectivity index (χ1n) is 2.80. The molecule has 0 aromatic heterocycles. The van der Waals surface area contributed by atoms with Crippen LogP contribution in [-0.2, 0) is 4.74 Å². The van der Waals surface area contributed by atoms with Gasteiger partial charge in [-0.05, 0) is 0 Å². The summed E-state index contributed by atoms with van der Waals surface area (Å²) in [6, 6.07) is 0. The molecule has 1 heterocycles. The number of likely N-dealkylation sites (N-methyl/N-ethyl adjacent to an activating group) is 1. The minimum absolute atomic E-state index is 0.764. The van der Waals surface area contributed by atoms with Crippen LogP contribution in [0.1, 0.15) is 0 Å². The molecule has 0 radical (unpaired) electrons. The van der Waals surface area contributed by atoms with Crippen LogP contribution in [0.15, 0.2) is 17.4 Å². The van der Waals surface area contributed by atoms with Crippen molar-refractivity contribution in [2.45, 2.75) is 0 Å². The lowest BCUT2D eigenvalue weighted by Gasteiger charge is -2.16. The molecule has 0 aromatic rings. The van der Waals surface area contributed by atoms with Crippen LogP contribution in [0.3, 0.4) is 0 Å². The van der Waals surface area contributed by atoms with E-state index in [0.29, 0.717) is 0 Å². The third kappa shape index (κ3) is 1.45. The standard InChI is InChI=1S/C6H10N2O/c1-8-4-3-7-6(5-8)9-2/h3-4H,5H2,1-2H3. The molecule has 1 aliphatic rings. The van der Waals surface area contributed by atoms with Gasteiger partial charge in [-0.1, -0.05) is 0 Å². The Morgan fingerprint density at radius 1 is 1.78 bits per heavy atom. The number of nitrogens with zero attached hydrogens (tertiary/aromatic N) is 2. The van der Waals surface area contributed by atoms with Crippen LogP contribution in [0.2, 0.25) is 0 Å². The summed E-state index contributed by atoms with van der Waals surface area (Å²) in [4.78, 5) is 5.98. The maximum absolute atomic E-state index is 4.92. The average molecular weight is 126 g/mol. The molecular formula is C6H10N2O. The third-order valence-corrected chi connectivity index (χ3v) is 1.16. The van der Waals surface area contributed by atoms with Crippen molar-refractivity contribution < 1.29 is 4.74 Å². The molecular weight excluding hydrogens is 116 g/mol. The topological polar surface area (TPSA) is 24.8 Å². The first kappa shape index (κ1) is 6.13. The van der Waals surface area contributed by atoms with Gasteiger partial charge in [0.25, 0.3) is 0 Å². The summed E-state index contributed by atoms with van der Waals surface area (Å²) in [5, 5.41) is 0. The fourth-order valence-corrected chi connectivity index (χ4v) is 0.654. The highest BCUT2D eigenvalue weighted by Crippen LogP contribution is 1.95. The Morgan fingerprint density at radius 3 is 3.00 bits per heavy atom. The van der Waals surface area contributed by atoms with Crippen LogP contribution in [-0.4, -0.2) is 31.5 Å². The fraction of sp³-hybridized carbons (Fsp3) is 0.500. The fourth-order valence-electron chi connectivity index (χ4n) is 0.654. The molecule has 0 saturated heterocycles. The number of aliphatic imine (C=N–C) groups is 1. The molecule has 9 heavy (non-hydrogen) atoms. The summed E-state index contributed by atoms with van der Waals surface area (Å²) in [7, 11) is 3.61. The second-order valence-corrected chi connectivity index (χ2v) is 1.94. The van der Waals surface area contributed by atoms with E-state index in [1.54, 1.807) is 13.3 Å². The Bertz CT molecular complexity index is 151. The maximum Gasteiger partial charge on any atom is 0.207 e. The predicted octanol–water partition coefficient (Wildman–Crippen LogP) is 0.448. The van der Waals surface area contributed by atoms with E-state index in [4.69, 9.17) is 4.74 Å². The molecule has 1 aliphatic heterocycles. The minimum Gasteiger partial charge on any atom is -0.483 e. The highest BCUT2D eigenvalue weighted by Gasteiger charge is 2.02. The number of methoxy groups -OCH3 is 1. The van der Waals surface area contributed by atoms with Crippen LogP contribution in [0.4, 0.5) is 0 Å². The van der Waals surface area contributed by atoms with Gasteiger partial charge in [0.15, 0.2) is 0 Å². The van der Waals surface area contributed by atoms with E-state index in [1.165, 1.54) is 0 Å². The Morgan fingerprint density at radius 2 is 2.56 bits per heavy atom. The van der Waals surface area contributed by atoms with Gasteiger partial charge in [-0.3, -0.25) is 0 Å². The zero-order chi connectivity index (χ0) is 6.69. The smallest absolute Gasteiger partial charge is 0.207 e. The molecule has 0 amide bonds. The van der Waals surface area contributed by atoms with Crippen molar-refractivity contribution in [3.05, 3.63) is 12.4 Å². The van der Waals surface area contributed by atoms with Crippen LogP contribution >= 0.6 is 0 Å². The molecule has 3 nitrogen and oxygen atoms in total. The Balaban J connectivity index is 2.55. The van der Waals surface area contributed by atoms with E-state index in [1.807, 2.05) is 18.1 Å². The van der Waals surface area contributed by atoms with Gasteiger partial charge in [-0.15, -0.1) is 0 Å². The number of ether oxygens (including phenoxy) is 1. The van der Waals surface area contributed by atoms with Gasteiger partial charge in [0.05, 0.1) is 13.7 Å². The lowest BCUT2D eigenvalue weighted by molar-refractivity contribution is 0.362. The molecule has 0 bridgehead atoms. The Labute approximate surface area is 54.6 Å². The summed E-state index contributed by atoms with van der Waals surface area (Å²) in [5.41, 5.74) is 0. The molecule has 3 heteroatoms. The SMILES string of the molecule is COC1=NC=CN(C)C1. The van der Waals surface area contributed by atoms with Crippen molar-refractivity contribution in [2.24, 2.45) is 4.99 Å². The van der Waals surface area contributed by atoms with Gasteiger partial charge >= 0.3 is 0 Å². The highest BCUT2D eigenvalue weighted by atomic mass is 16.5. The third-order valence-electron chi connectivity index (χ3n) is 1.16. The van der Waals surface area contributed by atoms with E-state index in [0.717, 1.165) is 12.4 Å². The van der Waals surface area contributed by atoms with Gasteiger partial charge in [0, 0.05) is 19.4 Å². The Kier molecular flexibility index (Phi) is 1.72. The second-order valence-electron chi connectivity index (χ2n) is 1.94. The van der Waals surface area contributed by atoms with Crippen molar-refractivity contribution in [1.29, 1.82) is 0 Å². The summed E-state index contributed by atoms with van der Waals surface area (Å²) in [6.07, 6.45) is 3.63.